The average molecular weight is 487 g/mol. The average Bonchev–Trinajstić information content (AvgIpc) is 3.54. The van der Waals surface area contributed by atoms with Crippen LogP contribution in [0.4, 0.5) is 10.1 Å². The van der Waals surface area contributed by atoms with Crippen molar-refractivity contribution in [2.45, 2.75) is 13.0 Å². The van der Waals surface area contributed by atoms with Gasteiger partial charge in [0.1, 0.15) is 5.82 Å². The Morgan fingerprint density at radius 2 is 1.77 bits per heavy atom. The van der Waals surface area contributed by atoms with Gasteiger partial charge in [0.25, 0.3) is 5.89 Å². The monoisotopic (exact) mass is 486 g/mol. The largest absolute Gasteiger partial charge is 0.454 e. The van der Waals surface area contributed by atoms with Crippen molar-refractivity contribution in [2.75, 3.05) is 11.7 Å². The molecule has 0 spiro atoms. The summed E-state index contributed by atoms with van der Waals surface area (Å²) in [6.45, 7) is 2.12. The van der Waals surface area contributed by atoms with Gasteiger partial charge in [-0.15, -0.1) is 0 Å². The molecule has 3 aromatic carbocycles. The highest BCUT2D eigenvalue weighted by Gasteiger charge is 2.35. The Balaban J connectivity index is 1.49. The Kier molecular flexibility index (Phi) is 5.18. The van der Waals surface area contributed by atoms with E-state index in [2.05, 4.69) is 10.5 Å². The zero-order chi connectivity index (χ0) is 23.9. The normalized spacial score (nSPS) is 17.0. The minimum absolute atomic E-state index is 0.179. The summed E-state index contributed by atoms with van der Waals surface area (Å²) in [6, 6.07) is 21.1. The lowest BCUT2D eigenvalue weighted by atomic mass is 9.94. The smallest absolute Gasteiger partial charge is 0.258 e. The fourth-order valence-electron chi connectivity index (χ4n) is 4.30. The van der Waals surface area contributed by atoms with Gasteiger partial charge in [0.2, 0.25) is 12.6 Å². The predicted octanol–water partition coefficient (Wildman–Crippen LogP) is 5.47. The molecule has 1 atom stereocenters. The van der Waals surface area contributed by atoms with E-state index in [1.807, 2.05) is 60.4 Å². The van der Waals surface area contributed by atoms with Gasteiger partial charge >= 0.3 is 0 Å². The summed E-state index contributed by atoms with van der Waals surface area (Å²) >= 11 is 5.77. The number of nitrogens with zero attached hydrogens (tertiary/aromatic N) is 3. The Morgan fingerprint density at radius 3 is 2.57 bits per heavy atom. The van der Waals surface area contributed by atoms with E-state index in [1.165, 1.54) is 12.1 Å². The molecule has 0 saturated heterocycles. The van der Waals surface area contributed by atoms with Crippen LogP contribution in [0.2, 0.25) is 0 Å². The van der Waals surface area contributed by atoms with Gasteiger partial charge in [0, 0.05) is 17.3 Å². The number of allylic oxidation sites excluding steroid dienone is 1. The molecule has 0 fully saturated rings. The van der Waals surface area contributed by atoms with Crippen LogP contribution >= 0.6 is 12.2 Å². The van der Waals surface area contributed by atoms with E-state index in [0.717, 1.165) is 28.1 Å². The third-order valence-corrected chi connectivity index (χ3v) is 6.29. The van der Waals surface area contributed by atoms with Crippen LogP contribution < -0.4 is 19.7 Å². The van der Waals surface area contributed by atoms with Crippen molar-refractivity contribution < 1.29 is 18.4 Å². The number of thiocarbonyl (C=S) groups is 1. The van der Waals surface area contributed by atoms with Crippen LogP contribution in [0.5, 0.6) is 11.5 Å². The second kappa shape index (κ2) is 8.52. The maximum Gasteiger partial charge on any atom is 0.258 e. The first-order valence-electron chi connectivity index (χ1n) is 10.9. The molecule has 2 aliphatic heterocycles. The van der Waals surface area contributed by atoms with Gasteiger partial charge < -0.3 is 19.3 Å². The van der Waals surface area contributed by atoms with Crippen LogP contribution in [0, 0.1) is 5.82 Å². The molecule has 0 radical (unpaired) electrons. The van der Waals surface area contributed by atoms with E-state index in [1.54, 1.807) is 12.1 Å². The van der Waals surface area contributed by atoms with Gasteiger partial charge in [0.05, 0.1) is 17.3 Å². The Bertz CT molecular complexity index is 1450. The van der Waals surface area contributed by atoms with Crippen LogP contribution in [-0.2, 0) is 0 Å². The molecule has 2 aliphatic rings. The molecule has 0 amide bonds. The van der Waals surface area contributed by atoms with Crippen molar-refractivity contribution in [1.29, 1.82) is 0 Å². The van der Waals surface area contributed by atoms with Crippen LogP contribution in [-0.4, -0.2) is 22.0 Å². The van der Waals surface area contributed by atoms with E-state index < -0.39 is 6.04 Å². The Morgan fingerprint density at radius 1 is 1.00 bits per heavy atom. The lowest BCUT2D eigenvalue weighted by molar-refractivity contribution is 0.174. The third kappa shape index (κ3) is 3.79. The number of hydrogen-bond donors (Lipinski definition) is 1. The van der Waals surface area contributed by atoms with Gasteiger partial charge in [-0.25, -0.2) is 4.39 Å². The lowest BCUT2D eigenvalue weighted by Gasteiger charge is -2.37. The van der Waals surface area contributed by atoms with E-state index in [0.29, 0.717) is 28.3 Å². The second-order valence-corrected chi connectivity index (χ2v) is 8.48. The maximum absolute atomic E-state index is 13.7. The first-order valence-corrected chi connectivity index (χ1v) is 11.4. The molecule has 1 unspecified atom stereocenters. The van der Waals surface area contributed by atoms with Crippen LogP contribution in [0.25, 0.3) is 17.0 Å². The van der Waals surface area contributed by atoms with Crippen LogP contribution in [0.1, 0.15) is 24.4 Å². The maximum atomic E-state index is 13.7. The number of anilines is 1. The number of aromatic nitrogens is 2. The number of hydrogen-bond acceptors (Lipinski definition) is 6. The highest BCUT2D eigenvalue weighted by molar-refractivity contribution is 7.80. The van der Waals surface area contributed by atoms with E-state index in [-0.39, 0.29) is 12.6 Å². The summed E-state index contributed by atoms with van der Waals surface area (Å²) in [5, 5.41) is 8.05. The number of fused-ring (bicyclic) bond motifs is 1. The van der Waals surface area contributed by atoms with Gasteiger partial charge in [0.15, 0.2) is 16.6 Å². The molecule has 174 valence electrons. The van der Waals surface area contributed by atoms with Crippen molar-refractivity contribution in [3.8, 4) is 22.9 Å². The van der Waals surface area contributed by atoms with Crippen LogP contribution in [0.3, 0.4) is 0 Å². The fraction of sp³-hybridized carbons (Fsp3) is 0.115. The second-order valence-electron chi connectivity index (χ2n) is 8.10. The zero-order valence-corrected chi connectivity index (χ0v) is 19.4. The van der Waals surface area contributed by atoms with E-state index in [4.69, 9.17) is 31.2 Å². The Labute approximate surface area is 205 Å². The van der Waals surface area contributed by atoms with Gasteiger partial charge in [-0.2, -0.15) is 4.98 Å². The van der Waals surface area contributed by atoms with Crippen LogP contribution in [0.15, 0.2) is 83.0 Å². The lowest BCUT2D eigenvalue weighted by Crippen LogP contribution is -2.46. The van der Waals surface area contributed by atoms with Crippen molar-refractivity contribution in [2.24, 2.45) is 0 Å². The van der Waals surface area contributed by atoms with Crippen molar-refractivity contribution in [3.63, 3.8) is 0 Å². The predicted molar refractivity (Wildman–Crippen MR) is 132 cm³/mol. The van der Waals surface area contributed by atoms with Gasteiger partial charge in [-0.05, 0) is 49.0 Å². The highest BCUT2D eigenvalue weighted by Crippen LogP contribution is 2.42. The molecule has 4 aromatic rings. The first-order chi connectivity index (χ1) is 17.1. The molecule has 0 aliphatic carbocycles. The van der Waals surface area contributed by atoms with Gasteiger partial charge in [-0.1, -0.05) is 47.6 Å². The highest BCUT2D eigenvalue weighted by atomic mass is 32.1. The van der Waals surface area contributed by atoms with Gasteiger partial charge in [-0.3, -0.25) is 4.90 Å². The Hall–Kier alpha value is -4.24. The van der Waals surface area contributed by atoms with Crippen molar-refractivity contribution >= 4 is 28.6 Å². The summed E-state index contributed by atoms with van der Waals surface area (Å²) in [5.41, 5.74) is 3.98. The zero-order valence-electron chi connectivity index (χ0n) is 18.6. The van der Waals surface area contributed by atoms with Crippen molar-refractivity contribution in [1.82, 2.24) is 15.5 Å². The molecule has 0 saturated carbocycles. The minimum Gasteiger partial charge on any atom is -0.454 e. The summed E-state index contributed by atoms with van der Waals surface area (Å²) in [4.78, 5) is 6.58. The summed E-state index contributed by atoms with van der Waals surface area (Å²) in [7, 11) is 0. The minimum atomic E-state index is -0.419. The number of rotatable bonds is 4. The molecule has 9 heteroatoms. The number of benzene rings is 3. The van der Waals surface area contributed by atoms with E-state index >= 15 is 0 Å². The molecule has 35 heavy (non-hydrogen) atoms. The molecule has 1 N–H and O–H groups in total. The molecule has 7 nitrogen and oxygen atoms in total. The molecule has 1 aromatic heterocycles. The molecule has 6 rings (SSSR count). The summed E-state index contributed by atoms with van der Waals surface area (Å²) < 4.78 is 30.4. The fourth-order valence-corrected chi connectivity index (χ4v) is 4.66. The molecular formula is C26H19FN4O3S. The summed E-state index contributed by atoms with van der Waals surface area (Å²) in [5.74, 6) is 1.82. The quantitative estimate of drug-likeness (QED) is 0.381. The molecular weight excluding hydrogens is 467 g/mol. The number of nitrogens with one attached hydrogen (secondary N) is 1. The van der Waals surface area contributed by atoms with Crippen molar-refractivity contribution in [3.05, 3.63) is 95.8 Å². The SMILES string of the molecule is CC1=C(c2nc(-c3ccccc3)no2)C(c2ccc(F)cc2)NC(=S)N1c1ccc2c(c1)OCO2. The standard InChI is InChI=1S/C26H19FN4O3S/c1-15-22(25-29-24(30-34-25)17-5-3-2-4-6-17)23(16-7-9-18(27)10-8-16)28-26(35)31(15)19-11-12-20-21(13-19)33-14-32-20/h2-13,23H,14H2,1H3,(H,28,35). The number of ether oxygens (including phenoxy) is 2. The molecule has 0 bridgehead atoms. The molecule has 3 heterocycles. The first kappa shape index (κ1) is 21.3. The van der Waals surface area contributed by atoms with E-state index in [9.17, 15) is 4.39 Å². The topological polar surface area (TPSA) is 72.7 Å². The summed E-state index contributed by atoms with van der Waals surface area (Å²) in [6.07, 6.45) is 0. The number of halogens is 1. The third-order valence-electron chi connectivity index (χ3n) is 5.99.